The standard InChI is InChI=1S/C23H23N3O6/c1-4-15(3)21-14-20(23(28)31-5-2)24-25(21)17-8-6-16(7-9-17)22(27)32-19-12-10-18(11-13-19)26(29)30/h6-15H,4-5H2,1-3H3/t15-/m1/s1. The molecule has 9 nitrogen and oxygen atoms in total. The molecule has 0 bridgehead atoms. The Balaban J connectivity index is 1.82. The van der Waals surface area contributed by atoms with Crippen molar-refractivity contribution in [2.45, 2.75) is 33.1 Å². The number of hydrogen-bond acceptors (Lipinski definition) is 7. The van der Waals surface area contributed by atoms with E-state index < -0.39 is 16.9 Å². The zero-order valence-corrected chi connectivity index (χ0v) is 18.0. The van der Waals surface area contributed by atoms with Gasteiger partial charge in [0.05, 0.1) is 22.8 Å². The summed E-state index contributed by atoms with van der Waals surface area (Å²) in [5.41, 5.74) is 1.98. The van der Waals surface area contributed by atoms with Gasteiger partial charge in [0.1, 0.15) is 5.75 Å². The van der Waals surface area contributed by atoms with Crippen LogP contribution in [0.1, 0.15) is 59.7 Å². The van der Waals surface area contributed by atoms with Gasteiger partial charge < -0.3 is 9.47 Å². The third kappa shape index (κ3) is 5.00. The summed E-state index contributed by atoms with van der Waals surface area (Å²) in [7, 11) is 0. The van der Waals surface area contributed by atoms with Crippen molar-refractivity contribution in [3.05, 3.63) is 81.7 Å². The van der Waals surface area contributed by atoms with Crippen LogP contribution in [0.4, 0.5) is 5.69 Å². The minimum Gasteiger partial charge on any atom is -0.461 e. The molecule has 32 heavy (non-hydrogen) atoms. The van der Waals surface area contributed by atoms with Crippen molar-refractivity contribution >= 4 is 17.6 Å². The average molecular weight is 437 g/mol. The van der Waals surface area contributed by atoms with Gasteiger partial charge in [-0.3, -0.25) is 10.1 Å². The molecule has 3 aromatic rings. The Hall–Kier alpha value is -4.01. The van der Waals surface area contributed by atoms with Crippen LogP contribution in [0.15, 0.2) is 54.6 Å². The van der Waals surface area contributed by atoms with E-state index in [9.17, 15) is 19.7 Å². The van der Waals surface area contributed by atoms with E-state index in [1.165, 1.54) is 24.3 Å². The summed E-state index contributed by atoms with van der Waals surface area (Å²) in [5, 5.41) is 15.1. The first-order valence-corrected chi connectivity index (χ1v) is 10.2. The van der Waals surface area contributed by atoms with Gasteiger partial charge in [-0.25, -0.2) is 14.3 Å². The molecule has 3 rings (SSSR count). The van der Waals surface area contributed by atoms with Gasteiger partial charge in [0.2, 0.25) is 0 Å². The van der Waals surface area contributed by atoms with E-state index in [2.05, 4.69) is 5.10 Å². The van der Waals surface area contributed by atoms with Gasteiger partial charge >= 0.3 is 11.9 Å². The fourth-order valence-corrected chi connectivity index (χ4v) is 3.01. The van der Waals surface area contributed by atoms with Crippen LogP contribution in [0.3, 0.4) is 0 Å². The molecule has 1 aromatic heterocycles. The predicted molar refractivity (Wildman–Crippen MR) is 116 cm³/mol. The average Bonchev–Trinajstić information content (AvgIpc) is 3.25. The molecular weight excluding hydrogens is 414 g/mol. The number of esters is 2. The van der Waals surface area contributed by atoms with Crippen LogP contribution in [0.25, 0.3) is 5.69 Å². The third-order valence-electron chi connectivity index (χ3n) is 4.94. The van der Waals surface area contributed by atoms with Crippen molar-refractivity contribution in [1.82, 2.24) is 9.78 Å². The highest BCUT2D eigenvalue weighted by Crippen LogP contribution is 2.24. The number of non-ortho nitro benzene ring substituents is 1. The smallest absolute Gasteiger partial charge is 0.358 e. The second kappa shape index (κ2) is 9.86. The van der Waals surface area contributed by atoms with E-state index in [0.29, 0.717) is 11.3 Å². The molecule has 0 radical (unpaired) electrons. The number of carbonyl (C=O) groups is 2. The SMILES string of the molecule is CCOC(=O)c1cc([C@H](C)CC)n(-c2ccc(C(=O)Oc3ccc([N+](=O)[O-])cc3)cc2)n1. The van der Waals surface area contributed by atoms with Crippen LogP contribution in [0.2, 0.25) is 0 Å². The predicted octanol–water partition coefficient (Wildman–Crippen LogP) is 4.69. The van der Waals surface area contributed by atoms with Crippen LogP contribution >= 0.6 is 0 Å². The van der Waals surface area contributed by atoms with Crippen LogP contribution in [0.5, 0.6) is 5.75 Å². The molecule has 0 saturated heterocycles. The lowest BCUT2D eigenvalue weighted by molar-refractivity contribution is -0.384. The quantitative estimate of drug-likeness (QED) is 0.217. The van der Waals surface area contributed by atoms with Gasteiger partial charge in [-0.05, 0) is 61.7 Å². The highest BCUT2D eigenvalue weighted by atomic mass is 16.6. The van der Waals surface area contributed by atoms with Crippen molar-refractivity contribution in [2.75, 3.05) is 6.61 Å². The Bertz CT molecular complexity index is 1120. The maximum atomic E-state index is 12.4. The fourth-order valence-electron chi connectivity index (χ4n) is 3.01. The highest BCUT2D eigenvalue weighted by Gasteiger charge is 2.20. The number of aromatic nitrogens is 2. The summed E-state index contributed by atoms with van der Waals surface area (Å²) in [6.45, 7) is 6.08. The van der Waals surface area contributed by atoms with Crippen molar-refractivity contribution < 1.29 is 24.0 Å². The number of rotatable bonds is 8. The zero-order valence-electron chi connectivity index (χ0n) is 18.0. The lowest BCUT2D eigenvalue weighted by atomic mass is 10.0. The van der Waals surface area contributed by atoms with Crippen molar-refractivity contribution in [3.8, 4) is 11.4 Å². The molecule has 0 unspecified atom stereocenters. The van der Waals surface area contributed by atoms with Gasteiger partial charge in [0.15, 0.2) is 5.69 Å². The summed E-state index contributed by atoms with van der Waals surface area (Å²) >= 11 is 0. The molecule has 0 spiro atoms. The first-order chi connectivity index (χ1) is 15.3. The van der Waals surface area contributed by atoms with Gasteiger partial charge in [-0.15, -0.1) is 0 Å². The minimum atomic E-state index is -0.597. The number of nitrogens with zero attached hydrogens (tertiary/aromatic N) is 3. The Labute approximate surface area is 184 Å². The molecule has 0 aliphatic rings. The summed E-state index contributed by atoms with van der Waals surface area (Å²) in [4.78, 5) is 34.8. The lowest BCUT2D eigenvalue weighted by Crippen LogP contribution is -2.10. The molecule has 1 atom stereocenters. The number of nitro benzene ring substituents is 1. The second-order valence-corrected chi connectivity index (χ2v) is 7.08. The minimum absolute atomic E-state index is 0.0901. The lowest BCUT2D eigenvalue weighted by Gasteiger charge is -2.12. The molecule has 0 aliphatic heterocycles. The maximum absolute atomic E-state index is 12.4. The number of nitro groups is 1. The Morgan fingerprint density at radius 1 is 1.06 bits per heavy atom. The molecule has 1 heterocycles. The summed E-state index contributed by atoms with van der Waals surface area (Å²) in [6, 6.07) is 13.6. The van der Waals surface area contributed by atoms with E-state index >= 15 is 0 Å². The normalized spacial score (nSPS) is 11.6. The van der Waals surface area contributed by atoms with Gasteiger partial charge in [0, 0.05) is 17.8 Å². The second-order valence-electron chi connectivity index (χ2n) is 7.08. The van der Waals surface area contributed by atoms with Crippen LogP contribution < -0.4 is 4.74 Å². The largest absolute Gasteiger partial charge is 0.461 e. The molecule has 166 valence electrons. The molecule has 2 aromatic carbocycles. The summed E-state index contributed by atoms with van der Waals surface area (Å²) < 4.78 is 12.0. The third-order valence-corrected chi connectivity index (χ3v) is 4.94. The van der Waals surface area contributed by atoms with Gasteiger partial charge in [0.25, 0.3) is 5.69 Å². The van der Waals surface area contributed by atoms with Crippen LogP contribution in [0, 0.1) is 10.1 Å². The van der Waals surface area contributed by atoms with Crippen molar-refractivity contribution in [1.29, 1.82) is 0 Å². The Kier molecular flexibility index (Phi) is 6.99. The van der Waals surface area contributed by atoms with E-state index in [1.54, 1.807) is 41.9 Å². The molecular formula is C23H23N3O6. The highest BCUT2D eigenvalue weighted by molar-refractivity contribution is 5.91. The first-order valence-electron chi connectivity index (χ1n) is 10.2. The number of carbonyl (C=O) groups excluding carboxylic acids is 2. The summed E-state index contributed by atoms with van der Waals surface area (Å²) in [6.07, 6.45) is 0.855. The molecule has 9 heteroatoms. The van der Waals surface area contributed by atoms with Crippen molar-refractivity contribution in [3.63, 3.8) is 0 Å². The van der Waals surface area contributed by atoms with E-state index in [0.717, 1.165) is 12.1 Å². The van der Waals surface area contributed by atoms with Gasteiger partial charge in [-0.1, -0.05) is 13.8 Å². The molecule has 0 N–H and O–H groups in total. The van der Waals surface area contributed by atoms with E-state index in [1.807, 2.05) is 13.8 Å². The first kappa shape index (κ1) is 22.7. The number of benzene rings is 2. The fraction of sp³-hybridized carbons (Fsp3) is 0.261. The monoisotopic (exact) mass is 437 g/mol. The van der Waals surface area contributed by atoms with E-state index in [4.69, 9.17) is 9.47 Å². The van der Waals surface area contributed by atoms with Crippen molar-refractivity contribution in [2.24, 2.45) is 0 Å². The summed E-state index contributed by atoms with van der Waals surface area (Å²) in [5.74, 6) is -0.730. The topological polar surface area (TPSA) is 114 Å². The molecule has 0 saturated carbocycles. The number of hydrogen-bond donors (Lipinski definition) is 0. The number of ether oxygens (including phenoxy) is 2. The molecule has 0 amide bonds. The van der Waals surface area contributed by atoms with E-state index in [-0.39, 0.29) is 29.7 Å². The van der Waals surface area contributed by atoms with Gasteiger partial charge in [-0.2, -0.15) is 5.10 Å². The molecule has 0 fully saturated rings. The van der Waals surface area contributed by atoms with Crippen LogP contribution in [-0.4, -0.2) is 33.2 Å². The maximum Gasteiger partial charge on any atom is 0.358 e. The molecule has 0 aliphatic carbocycles. The Morgan fingerprint density at radius 2 is 1.72 bits per heavy atom. The Morgan fingerprint density at radius 3 is 2.28 bits per heavy atom. The zero-order chi connectivity index (χ0) is 23.3. The van der Waals surface area contributed by atoms with Crippen LogP contribution in [-0.2, 0) is 4.74 Å².